The number of thiophene rings is 1. The molecule has 0 fully saturated rings. The molecule has 2 atom stereocenters. The highest BCUT2D eigenvalue weighted by Gasteiger charge is 2.18. The summed E-state index contributed by atoms with van der Waals surface area (Å²) in [6, 6.07) is 53.2. The first-order chi connectivity index (χ1) is 22.2. The van der Waals surface area contributed by atoms with Crippen LogP contribution in [0, 0.1) is 5.92 Å². The van der Waals surface area contributed by atoms with Crippen LogP contribution < -0.4 is 4.90 Å². The third kappa shape index (κ3) is 5.28. The molecule has 1 aliphatic rings. The summed E-state index contributed by atoms with van der Waals surface area (Å²) in [5.41, 5.74) is 9.66. The van der Waals surface area contributed by atoms with Crippen LogP contribution in [0.4, 0.5) is 17.1 Å². The normalized spacial score (nSPS) is 15.9. The minimum Gasteiger partial charge on any atom is -0.311 e. The molecular weight excluding hydrogens is 563 g/mol. The number of nitrogens with zero attached hydrogens (tertiary/aromatic N) is 1. The molecule has 0 radical (unpaired) electrons. The molecule has 45 heavy (non-hydrogen) atoms. The predicted molar refractivity (Wildman–Crippen MR) is 195 cm³/mol. The van der Waals surface area contributed by atoms with Gasteiger partial charge in [0.15, 0.2) is 0 Å². The molecule has 0 aliphatic heterocycles. The quantitative estimate of drug-likeness (QED) is 0.185. The Hall–Kier alpha value is -5.18. The van der Waals surface area contributed by atoms with Crippen LogP contribution in [-0.4, -0.2) is 0 Å². The summed E-state index contributed by atoms with van der Waals surface area (Å²) in [7, 11) is 0. The van der Waals surface area contributed by atoms with Gasteiger partial charge in [-0.1, -0.05) is 122 Å². The van der Waals surface area contributed by atoms with E-state index in [0.29, 0.717) is 11.8 Å². The molecule has 0 N–H and O–H groups in total. The second kappa shape index (κ2) is 11.7. The first kappa shape index (κ1) is 27.4. The largest absolute Gasteiger partial charge is 0.311 e. The Bertz CT molecular complexity index is 2150. The first-order valence-electron chi connectivity index (χ1n) is 15.6. The summed E-state index contributed by atoms with van der Waals surface area (Å²) in [6.45, 7) is 2.29. The fourth-order valence-electron chi connectivity index (χ4n) is 6.57. The monoisotopic (exact) mass is 595 g/mol. The lowest BCUT2D eigenvalue weighted by atomic mass is 9.84. The van der Waals surface area contributed by atoms with Crippen molar-refractivity contribution in [2.24, 2.45) is 5.92 Å². The molecule has 1 heterocycles. The molecule has 1 aliphatic carbocycles. The van der Waals surface area contributed by atoms with Crippen LogP contribution in [0.5, 0.6) is 0 Å². The Morgan fingerprint density at radius 1 is 0.467 bits per heavy atom. The summed E-state index contributed by atoms with van der Waals surface area (Å²) in [4.78, 5) is 2.36. The fraction of sp³-hybridized carbons (Fsp3) is 0.0698. The summed E-state index contributed by atoms with van der Waals surface area (Å²) < 4.78 is 2.67. The molecular formula is C43H33NS. The van der Waals surface area contributed by atoms with E-state index in [0.717, 1.165) is 17.1 Å². The van der Waals surface area contributed by atoms with Crippen molar-refractivity contribution in [3.8, 4) is 22.3 Å². The van der Waals surface area contributed by atoms with Crippen molar-refractivity contribution in [3.05, 3.63) is 175 Å². The molecule has 0 saturated carbocycles. The fourth-order valence-corrected chi connectivity index (χ4v) is 7.65. The van der Waals surface area contributed by atoms with E-state index in [1.807, 2.05) is 11.3 Å². The molecule has 7 aromatic rings. The lowest BCUT2D eigenvalue weighted by molar-refractivity contribution is 0.635. The zero-order valence-corrected chi connectivity index (χ0v) is 26.0. The number of allylic oxidation sites excluding steroid dienone is 4. The Morgan fingerprint density at radius 3 is 1.69 bits per heavy atom. The van der Waals surface area contributed by atoms with Crippen molar-refractivity contribution in [3.63, 3.8) is 0 Å². The Morgan fingerprint density at radius 2 is 1.00 bits per heavy atom. The van der Waals surface area contributed by atoms with Gasteiger partial charge in [0, 0.05) is 43.2 Å². The highest BCUT2D eigenvalue weighted by Crippen LogP contribution is 2.40. The second-order valence-electron chi connectivity index (χ2n) is 11.9. The maximum Gasteiger partial charge on any atom is 0.0462 e. The van der Waals surface area contributed by atoms with Gasteiger partial charge in [-0.15, -0.1) is 11.3 Å². The van der Waals surface area contributed by atoms with Crippen LogP contribution in [-0.2, 0) is 0 Å². The standard InChI is InChI=1S/C43H33NS/c1-30-9-5-6-12-39(30)34-19-26-38(27-20-34)44(36-22-15-32(16-23-36)31-10-3-2-4-11-31)37-24-17-33(18-25-37)35-21-28-43-41(29-35)40-13-7-8-14-42(40)45-43/h2-30,39H,1H3. The molecule has 0 amide bonds. The molecule has 0 spiro atoms. The number of hydrogen-bond donors (Lipinski definition) is 0. The Labute approximate surface area is 269 Å². The summed E-state index contributed by atoms with van der Waals surface area (Å²) >= 11 is 1.86. The van der Waals surface area contributed by atoms with E-state index in [9.17, 15) is 0 Å². The van der Waals surface area contributed by atoms with Crippen molar-refractivity contribution in [1.82, 2.24) is 0 Å². The van der Waals surface area contributed by atoms with Crippen LogP contribution in [0.15, 0.2) is 170 Å². The van der Waals surface area contributed by atoms with E-state index in [4.69, 9.17) is 0 Å². The molecule has 6 aromatic carbocycles. The average molecular weight is 596 g/mol. The van der Waals surface area contributed by atoms with Gasteiger partial charge in [-0.3, -0.25) is 0 Å². The molecule has 2 unspecified atom stereocenters. The maximum atomic E-state index is 2.36. The molecule has 8 rings (SSSR count). The Kier molecular flexibility index (Phi) is 7.13. The molecule has 1 nitrogen and oxygen atoms in total. The lowest BCUT2D eigenvalue weighted by Crippen LogP contribution is -2.11. The van der Waals surface area contributed by atoms with Gasteiger partial charge in [0.25, 0.3) is 0 Å². The topological polar surface area (TPSA) is 3.24 Å². The number of hydrogen-bond acceptors (Lipinski definition) is 2. The van der Waals surface area contributed by atoms with Gasteiger partial charge in [0.2, 0.25) is 0 Å². The van der Waals surface area contributed by atoms with Crippen molar-refractivity contribution in [2.75, 3.05) is 4.90 Å². The maximum absolute atomic E-state index is 2.36. The van der Waals surface area contributed by atoms with Gasteiger partial charge in [-0.05, 0) is 88.3 Å². The van der Waals surface area contributed by atoms with Crippen LogP contribution in [0.25, 0.3) is 42.4 Å². The van der Waals surface area contributed by atoms with Gasteiger partial charge in [-0.2, -0.15) is 0 Å². The Balaban J connectivity index is 1.16. The number of benzene rings is 6. The van der Waals surface area contributed by atoms with Gasteiger partial charge in [0.1, 0.15) is 0 Å². The van der Waals surface area contributed by atoms with Crippen LogP contribution in [0.1, 0.15) is 18.4 Å². The van der Waals surface area contributed by atoms with Gasteiger partial charge < -0.3 is 4.90 Å². The minimum atomic E-state index is 0.402. The van der Waals surface area contributed by atoms with Crippen LogP contribution >= 0.6 is 11.3 Å². The highest BCUT2D eigenvalue weighted by atomic mass is 32.1. The molecule has 0 saturated heterocycles. The van der Waals surface area contributed by atoms with Crippen molar-refractivity contribution >= 4 is 48.6 Å². The smallest absolute Gasteiger partial charge is 0.0462 e. The summed E-state index contributed by atoms with van der Waals surface area (Å²) in [5, 5.41) is 2.66. The van der Waals surface area contributed by atoms with E-state index < -0.39 is 0 Å². The highest BCUT2D eigenvalue weighted by molar-refractivity contribution is 7.25. The van der Waals surface area contributed by atoms with Crippen molar-refractivity contribution < 1.29 is 0 Å². The average Bonchev–Trinajstić information content (AvgIpc) is 3.48. The molecule has 1 aromatic heterocycles. The molecule has 2 heteroatoms. The summed E-state index contributed by atoms with van der Waals surface area (Å²) in [5.74, 6) is 0.890. The van der Waals surface area contributed by atoms with Crippen molar-refractivity contribution in [1.29, 1.82) is 0 Å². The van der Waals surface area contributed by atoms with Crippen LogP contribution in [0.2, 0.25) is 0 Å². The van der Waals surface area contributed by atoms with Crippen molar-refractivity contribution in [2.45, 2.75) is 12.8 Å². The zero-order valence-electron chi connectivity index (χ0n) is 25.2. The number of rotatable bonds is 6. The number of anilines is 3. The zero-order chi connectivity index (χ0) is 30.2. The summed E-state index contributed by atoms with van der Waals surface area (Å²) in [6.07, 6.45) is 8.92. The predicted octanol–water partition coefficient (Wildman–Crippen LogP) is 12.7. The molecule has 0 bridgehead atoms. The third-order valence-corrected chi connectivity index (χ3v) is 10.2. The van der Waals surface area contributed by atoms with Gasteiger partial charge >= 0.3 is 0 Å². The molecule has 216 valence electrons. The van der Waals surface area contributed by atoms with Gasteiger partial charge in [-0.25, -0.2) is 0 Å². The first-order valence-corrected chi connectivity index (χ1v) is 16.5. The van der Waals surface area contributed by atoms with E-state index in [1.165, 1.54) is 48.0 Å². The van der Waals surface area contributed by atoms with Crippen LogP contribution in [0.3, 0.4) is 0 Å². The SMILES string of the molecule is CC1C=CC=CC1c1ccc(N(c2ccc(-c3ccccc3)cc2)c2ccc(-c3ccc4sc5ccccc5c4c3)cc2)cc1. The van der Waals surface area contributed by atoms with Gasteiger partial charge in [0.05, 0.1) is 0 Å². The minimum absolute atomic E-state index is 0.402. The third-order valence-electron chi connectivity index (χ3n) is 9.02. The number of fused-ring (bicyclic) bond motifs is 3. The van der Waals surface area contributed by atoms with E-state index in [1.54, 1.807) is 0 Å². The van der Waals surface area contributed by atoms with E-state index >= 15 is 0 Å². The lowest BCUT2D eigenvalue weighted by Gasteiger charge is -2.27. The second-order valence-corrected chi connectivity index (χ2v) is 12.9. The van der Waals surface area contributed by atoms with E-state index in [2.05, 4.69) is 182 Å². The van der Waals surface area contributed by atoms with E-state index in [-0.39, 0.29) is 0 Å².